The van der Waals surface area contributed by atoms with Crippen LogP contribution < -0.4 is 0 Å². The van der Waals surface area contributed by atoms with E-state index < -0.39 is 5.97 Å². The van der Waals surface area contributed by atoms with Crippen molar-refractivity contribution in [3.05, 3.63) is 48.3 Å². The number of aliphatic carboxylic acids is 1. The van der Waals surface area contributed by atoms with Crippen LogP contribution in [0.4, 0.5) is 4.39 Å². The van der Waals surface area contributed by atoms with Gasteiger partial charge in [-0.05, 0) is 17.7 Å². The van der Waals surface area contributed by atoms with Gasteiger partial charge in [0, 0.05) is 5.92 Å². The van der Waals surface area contributed by atoms with Crippen molar-refractivity contribution in [2.45, 2.75) is 12.3 Å². The minimum absolute atomic E-state index is 0.0187. The molecule has 0 unspecified atom stereocenters. The largest absolute Gasteiger partial charge is 0.481 e. The Balaban J connectivity index is 2.84. The highest BCUT2D eigenvalue weighted by Crippen LogP contribution is 2.20. The van der Waals surface area contributed by atoms with Gasteiger partial charge in [0.2, 0.25) is 0 Å². The van der Waals surface area contributed by atoms with Gasteiger partial charge in [-0.1, -0.05) is 18.2 Å². The standard InChI is InChI=1S/C11H11FO2/c1-2-8(7-11(13)14)9-3-5-10(12)6-4-9/h2-6,8H,1,7H2,(H,13,14)/t8-/m0/s1. The van der Waals surface area contributed by atoms with Gasteiger partial charge in [0.25, 0.3) is 0 Å². The van der Waals surface area contributed by atoms with Crippen LogP contribution in [0.15, 0.2) is 36.9 Å². The lowest BCUT2D eigenvalue weighted by atomic mass is 9.96. The van der Waals surface area contributed by atoms with Crippen molar-refractivity contribution in [3.8, 4) is 0 Å². The summed E-state index contributed by atoms with van der Waals surface area (Å²) in [6.45, 7) is 3.56. The summed E-state index contributed by atoms with van der Waals surface area (Å²) < 4.78 is 12.6. The van der Waals surface area contributed by atoms with Crippen molar-refractivity contribution in [2.75, 3.05) is 0 Å². The van der Waals surface area contributed by atoms with Gasteiger partial charge in [-0.25, -0.2) is 4.39 Å². The minimum Gasteiger partial charge on any atom is -0.481 e. The van der Waals surface area contributed by atoms with E-state index in [2.05, 4.69) is 6.58 Å². The Kier molecular flexibility index (Phi) is 3.40. The zero-order valence-electron chi connectivity index (χ0n) is 7.61. The molecule has 1 aromatic rings. The molecule has 1 aromatic carbocycles. The minimum atomic E-state index is -0.890. The Hall–Kier alpha value is -1.64. The lowest BCUT2D eigenvalue weighted by molar-refractivity contribution is -0.137. The van der Waals surface area contributed by atoms with Crippen LogP contribution in [-0.4, -0.2) is 11.1 Å². The number of carbonyl (C=O) groups is 1. The van der Waals surface area contributed by atoms with Crippen LogP contribution in [0.5, 0.6) is 0 Å². The third kappa shape index (κ3) is 2.69. The molecule has 1 atom stereocenters. The smallest absolute Gasteiger partial charge is 0.304 e. The Morgan fingerprint density at radius 2 is 2.07 bits per heavy atom. The summed E-state index contributed by atoms with van der Waals surface area (Å²) in [5.41, 5.74) is 0.767. The van der Waals surface area contributed by atoms with E-state index >= 15 is 0 Å². The normalized spacial score (nSPS) is 12.1. The molecule has 14 heavy (non-hydrogen) atoms. The molecule has 0 heterocycles. The molecule has 0 saturated carbocycles. The zero-order valence-corrected chi connectivity index (χ0v) is 7.61. The number of rotatable bonds is 4. The fourth-order valence-corrected chi connectivity index (χ4v) is 1.24. The van der Waals surface area contributed by atoms with Crippen molar-refractivity contribution >= 4 is 5.97 Å². The molecule has 2 nitrogen and oxygen atoms in total. The Labute approximate surface area is 81.7 Å². The number of allylic oxidation sites excluding steroid dienone is 1. The van der Waals surface area contributed by atoms with Crippen molar-refractivity contribution in [1.29, 1.82) is 0 Å². The first-order valence-electron chi connectivity index (χ1n) is 4.23. The average Bonchev–Trinajstić information content (AvgIpc) is 2.15. The number of hydrogen-bond donors (Lipinski definition) is 1. The van der Waals surface area contributed by atoms with Crippen LogP contribution in [0.25, 0.3) is 0 Å². The van der Waals surface area contributed by atoms with Crippen LogP contribution >= 0.6 is 0 Å². The van der Waals surface area contributed by atoms with E-state index in [0.717, 1.165) is 5.56 Å². The second kappa shape index (κ2) is 4.56. The topological polar surface area (TPSA) is 37.3 Å². The molecule has 0 fully saturated rings. The highest BCUT2D eigenvalue weighted by atomic mass is 19.1. The van der Waals surface area contributed by atoms with Crippen molar-refractivity contribution in [3.63, 3.8) is 0 Å². The lowest BCUT2D eigenvalue weighted by Crippen LogP contribution is -2.03. The van der Waals surface area contributed by atoms with Gasteiger partial charge in [0.1, 0.15) is 5.82 Å². The number of carboxylic acid groups (broad SMARTS) is 1. The van der Waals surface area contributed by atoms with E-state index in [1.165, 1.54) is 12.1 Å². The van der Waals surface area contributed by atoms with E-state index in [4.69, 9.17) is 5.11 Å². The maximum Gasteiger partial charge on any atom is 0.304 e. The van der Waals surface area contributed by atoms with E-state index in [1.807, 2.05) is 0 Å². The average molecular weight is 194 g/mol. The molecule has 3 heteroatoms. The molecular formula is C11H11FO2. The third-order valence-electron chi connectivity index (χ3n) is 1.98. The van der Waals surface area contributed by atoms with Crippen LogP contribution in [0.3, 0.4) is 0 Å². The summed E-state index contributed by atoms with van der Waals surface area (Å²) in [7, 11) is 0. The maximum atomic E-state index is 12.6. The quantitative estimate of drug-likeness (QED) is 0.748. The molecule has 0 aromatic heterocycles. The number of hydrogen-bond acceptors (Lipinski definition) is 1. The second-order valence-electron chi connectivity index (χ2n) is 2.99. The molecule has 74 valence electrons. The molecule has 0 aliphatic carbocycles. The van der Waals surface area contributed by atoms with Crippen molar-refractivity contribution in [1.82, 2.24) is 0 Å². The number of carboxylic acids is 1. The van der Waals surface area contributed by atoms with Gasteiger partial charge in [0.05, 0.1) is 6.42 Å². The van der Waals surface area contributed by atoms with Crippen molar-refractivity contribution in [2.24, 2.45) is 0 Å². The zero-order chi connectivity index (χ0) is 10.6. The van der Waals surface area contributed by atoms with E-state index in [-0.39, 0.29) is 18.2 Å². The number of halogens is 1. The third-order valence-corrected chi connectivity index (χ3v) is 1.98. The number of benzene rings is 1. The summed E-state index contributed by atoms with van der Waals surface area (Å²) in [5.74, 6) is -1.47. The first-order chi connectivity index (χ1) is 6.63. The van der Waals surface area contributed by atoms with Gasteiger partial charge in [-0.3, -0.25) is 4.79 Å². The first-order valence-corrected chi connectivity index (χ1v) is 4.23. The molecule has 0 amide bonds. The van der Waals surface area contributed by atoms with Crippen LogP contribution in [-0.2, 0) is 4.79 Å². The van der Waals surface area contributed by atoms with Gasteiger partial charge >= 0.3 is 5.97 Å². The molecule has 0 aliphatic heterocycles. The summed E-state index contributed by atoms with van der Waals surface area (Å²) in [6.07, 6.45) is 1.54. The Morgan fingerprint density at radius 1 is 1.50 bits per heavy atom. The van der Waals surface area contributed by atoms with Gasteiger partial charge in [0.15, 0.2) is 0 Å². The van der Waals surface area contributed by atoms with Gasteiger partial charge in [-0.2, -0.15) is 0 Å². The summed E-state index contributed by atoms with van der Waals surface area (Å²) >= 11 is 0. The highest BCUT2D eigenvalue weighted by molar-refractivity contribution is 5.68. The van der Waals surface area contributed by atoms with Crippen LogP contribution in [0.1, 0.15) is 17.9 Å². The SMILES string of the molecule is C=C[C@@H](CC(=O)O)c1ccc(F)cc1. The first kappa shape index (κ1) is 10.4. The summed E-state index contributed by atoms with van der Waals surface area (Å²) in [5, 5.41) is 8.61. The summed E-state index contributed by atoms with van der Waals surface area (Å²) in [4.78, 5) is 10.5. The predicted molar refractivity (Wildman–Crippen MR) is 51.6 cm³/mol. The fraction of sp³-hybridized carbons (Fsp3) is 0.182. The van der Waals surface area contributed by atoms with E-state index in [1.54, 1.807) is 18.2 Å². The molecule has 0 spiro atoms. The van der Waals surface area contributed by atoms with Crippen LogP contribution in [0, 0.1) is 5.82 Å². The van der Waals surface area contributed by atoms with Gasteiger partial charge in [-0.15, -0.1) is 6.58 Å². The molecule has 0 aliphatic rings. The van der Waals surface area contributed by atoms with E-state index in [9.17, 15) is 9.18 Å². The maximum absolute atomic E-state index is 12.6. The molecule has 0 radical (unpaired) electrons. The predicted octanol–water partition coefficient (Wildman–Crippen LogP) is 2.57. The molecule has 0 saturated heterocycles. The Morgan fingerprint density at radius 3 is 2.50 bits per heavy atom. The van der Waals surface area contributed by atoms with Gasteiger partial charge < -0.3 is 5.11 Å². The monoisotopic (exact) mass is 194 g/mol. The fourth-order valence-electron chi connectivity index (χ4n) is 1.24. The molecular weight excluding hydrogens is 183 g/mol. The summed E-state index contributed by atoms with van der Waals surface area (Å²) in [6, 6.07) is 5.77. The second-order valence-corrected chi connectivity index (χ2v) is 2.99. The Bertz CT molecular complexity index is 330. The lowest BCUT2D eigenvalue weighted by Gasteiger charge is -2.09. The molecule has 0 bridgehead atoms. The van der Waals surface area contributed by atoms with E-state index in [0.29, 0.717) is 0 Å². The highest BCUT2D eigenvalue weighted by Gasteiger charge is 2.11. The molecule has 1 N–H and O–H groups in total. The van der Waals surface area contributed by atoms with Crippen molar-refractivity contribution < 1.29 is 14.3 Å². The molecule has 1 rings (SSSR count). The van der Waals surface area contributed by atoms with Crippen LogP contribution in [0.2, 0.25) is 0 Å².